The lowest BCUT2D eigenvalue weighted by molar-refractivity contribution is -0.135. The van der Waals surface area contributed by atoms with Gasteiger partial charge >= 0.3 is 5.97 Å². The van der Waals surface area contributed by atoms with Crippen molar-refractivity contribution in [2.75, 3.05) is 0 Å². The maximum Gasteiger partial charge on any atom is 0.386 e. The average Bonchev–Trinajstić information content (AvgIpc) is 2.38. The van der Waals surface area contributed by atoms with E-state index in [-0.39, 0.29) is 5.57 Å². The fourth-order valence-corrected chi connectivity index (χ4v) is 1.59. The van der Waals surface area contributed by atoms with E-state index in [4.69, 9.17) is 0 Å². The Hall–Kier alpha value is -2.35. The molecular formula is C15H11O2. The third-order valence-corrected chi connectivity index (χ3v) is 2.42. The van der Waals surface area contributed by atoms with Crippen LogP contribution in [0.3, 0.4) is 0 Å². The van der Waals surface area contributed by atoms with Crippen LogP contribution >= 0.6 is 0 Å². The first-order valence-corrected chi connectivity index (χ1v) is 5.31. The molecule has 2 heteroatoms. The first-order valence-electron chi connectivity index (χ1n) is 5.31. The highest BCUT2D eigenvalue weighted by Gasteiger charge is 2.11. The molecule has 2 nitrogen and oxygen atoms in total. The fraction of sp³-hybridized carbons (Fsp3) is 0. The van der Waals surface area contributed by atoms with Crippen molar-refractivity contribution < 1.29 is 9.90 Å². The van der Waals surface area contributed by atoms with Crippen LogP contribution in [0.4, 0.5) is 0 Å². The standard InChI is InChI=1S/C15H11O2/c16-15(17)14(13-9-5-2-6-10-13)11-12-7-3-1-4-8-12/h1-11H/b14-11-. The summed E-state index contributed by atoms with van der Waals surface area (Å²) in [6, 6.07) is 18.3. The lowest BCUT2D eigenvalue weighted by Gasteiger charge is -2.01. The summed E-state index contributed by atoms with van der Waals surface area (Å²) >= 11 is 0. The minimum atomic E-state index is -1.17. The van der Waals surface area contributed by atoms with Crippen molar-refractivity contribution in [1.29, 1.82) is 0 Å². The molecule has 0 heterocycles. The largest absolute Gasteiger partial charge is 0.386 e. The summed E-state index contributed by atoms with van der Waals surface area (Å²) in [7, 11) is 0. The summed E-state index contributed by atoms with van der Waals surface area (Å²) < 4.78 is 0. The van der Waals surface area contributed by atoms with E-state index < -0.39 is 5.97 Å². The zero-order valence-electron chi connectivity index (χ0n) is 9.17. The van der Waals surface area contributed by atoms with Crippen LogP contribution in [0.15, 0.2) is 60.7 Å². The predicted octanol–water partition coefficient (Wildman–Crippen LogP) is 3.18. The summed E-state index contributed by atoms with van der Waals surface area (Å²) in [6.07, 6.45) is 1.62. The van der Waals surface area contributed by atoms with Crippen molar-refractivity contribution in [3.05, 3.63) is 71.8 Å². The maximum atomic E-state index is 11.1. The molecule has 0 bridgehead atoms. The van der Waals surface area contributed by atoms with Gasteiger partial charge in [-0.05, 0) is 17.2 Å². The van der Waals surface area contributed by atoms with Crippen molar-refractivity contribution in [1.82, 2.24) is 0 Å². The minimum Gasteiger partial charge on any atom is -0.241 e. The van der Waals surface area contributed by atoms with E-state index in [1.165, 1.54) is 0 Å². The molecule has 0 amide bonds. The Morgan fingerprint density at radius 1 is 0.824 bits per heavy atom. The molecule has 2 rings (SSSR count). The van der Waals surface area contributed by atoms with Crippen LogP contribution in [-0.4, -0.2) is 5.97 Å². The van der Waals surface area contributed by atoms with Crippen LogP contribution in [0.2, 0.25) is 0 Å². The normalized spacial score (nSPS) is 11.2. The molecule has 0 fully saturated rings. The molecule has 2 aromatic carbocycles. The first-order chi connectivity index (χ1) is 8.27. The molecule has 2 aromatic rings. The molecule has 0 aliphatic rings. The van der Waals surface area contributed by atoms with Gasteiger partial charge in [0.1, 0.15) is 0 Å². The average molecular weight is 223 g/mol. The van der Waals surface area contributed by atoms with E-state index in [2.05, 4.69) is 0 Å². The number of benzene rings is 2. The number of hydrogen-bond donors (Lipinski definition) is 0. The molecule has 1 radical (unpaired) electrons. The Labute approximate surface area is 99.8 Å². The summed E-state index contributed by atoms with van der Waals surface area (Å²) in [5, 5.41) is 11.1. The summed E-state index contributed by atoms with van der Waals surface area (Å²) in [5.74, 6) is -1.17. The van der Waals surface area contributed by atoms with E-state index in [1.807, 2.05) is 36.4 Å². The van der Waals surface area contributed by atoms with Crippen molar-refractivity contribution in [2.24, 2.45) is 0 Å². The van der Waals surface area contributed by atoms with Crippen LogP contribution in [0.25, 0.3) is 11.6 Å². The van der Waals surface area contributed by atoms with Gasteiger partial charge in [-0.3, -0.25) is 0 Å². The van der Waals surface area contributed by atoms with Gasteiger partial charge in [0.15, 0.2) is 0 Å². The maximum absolute atomic E-state index is 11.1. The third kappa shape index (κ3) is 2.82. The highest BCUT2D eigenvalue weighted by Crippen LogP contribution is 2.18. The van der Waals surface area contributed by atoms with E-state index in [9.17, 15) is 9.90 Å². The third-order valence-electron chi connectivity index (χ3n) is 2.42. The van der Waals surface area contributed by atoms with E-state index in [0.717, 1.165) is 5.56 Å². The lowest BCUT2D eigenvalue weighted by Crippen LogP contribution is -1.97. The van der Waals surface area contributed by atoms with Gasteiger partial charge in [-0.25, -0.2) is 9.90 Å². The Balaban J connectivity index is 2.44. The number of carbonyl (C=O) groups is 1. The molecule has 0 unspecified atom stereocenters. The topological polar surface area (TPSA) is 37.0 Å². The molecule has 0 atom stereocenters. The Morgan fingerprint density at radius 3 is 1.88 bits per heavy atom. The predicted molar refractivity (Wildman–Crippen MR) is 66.4 cm³/mol. The molecule has 0 N–H and O–H groups in total. The fourth-order valence-electron chi connectivity index (χ4n) is 1.59. The van der Waals surface area contributed by atoms with E-state index >= 15 is 0 Å². The molecular weight excluding hydrogens is 212 g/mol. The van der Waals surface area contributed by atoms with Gasteiger partial charge in [-0.2, -0.15) is 0 Å². The first kappa shape index (κ1) is 11.1. The summed E-state index contributed by atoms with van der Waals surface area (Å²) in [6.45, 7) is 0. The monoisotopic (exact) mass is 223 g/mol. The molecule has 83 valence electrons. The molecule has 0 spiro atoms. The van der Waals surface area contributed by atoms with Crippen LogP contribution < -0.4 is 0 Å². The van der Waals surface area contributed by atoms with Crippen LogP contribution in [0.5, 0.6) is 0 Å². The number of carbonyl (C=O) groups excluding carboxylic acids is 1. The SMILES string of the molecule is [O]C(=O)/C(=C\c1ccccc1)c1ccccc1. The van der Waals surface area contributed by atoms with Crippen molar-refractivity contribution in [3.63, 3.8) is 0 Å². The van der Waals surface area contributed by atoms with Crippen molar-refractivity contribution in [2.45, 2.75) is 0 Å². The van der Waals surface area contributed by atoms with Gasteiger partial charge in [0, 0.05) is 0 Å². The summed E-state index contributed by atoms with van der Waals surface area (Å²) in [4.78, 5) is 11.1. The Kier molecular flexibility index (Phi) is 3.36. The zero-order chi connectivity index (χ0) is 12.1. The van der Waals surface area contributed by atoms with E-state index in [0.29, 0.717) is 5.56 Å². The summed E-state index contributed by atoms with van der Waals surface area (Å²) in [5.41, 5.74) is 1.68. The lowest BCUT2D eigenvalue weighted by atomic mass is 10.0. The van der Waals surface area contributed by atoms with Gasteiger partial charge in [0.2, 0.25) is 0 Å². The molecule has 17 heavy (non-hydrogen) atoms. The van der Waals surface area contributed by atoms with Crippen LogP contribution in [0, 0.1) is 0 Å². The molecule has 0 saturated carbocycles. The minimum absolute atomic E-state index is 0.191. The van der Waals surface area contributed by atoms with E-state index in [1.54, 1.807) is 30.3 Å². The molecule has 0 aliphatic carbocycles. The number of hydrogen-bond acceptors (Lipinski definition) is 1. The molecule has 0 aromatic heterocycles. The highest BCUT2D eigenvalue weighted by molar-refractivity contribution is 6.20. The van der Waals surface area contributed by atoms with Gasteiger partial charge in [-0.15, -0.1) is 0 Å². The second-order valence-electron chi connectivity index (χ2n) is 3.62. The van der Waals surface area contributed by atoms with Crippen LogP contribution in [0.1, 0.15) is 11.1 Å². The van der Waals surface area contributed by atoms with Gasteiger partial charge in [0.25, 0.3) is 0 Å². The Bertz CT molecular complexity index is 527. The molecule has 0 saturated heterocycles. The second kappa shape index (κ2) is 5.12. The van der Waals surface area contributed by atoms with Gasteiger partial charge in [0.05, 0.1) is 5.57 Å². The quantitative estimate of drug-likeness (QED) is 0.581. The zero-order valence-corrected chi connectivity index (χ0v) is 9.17. The van der Waals surface area contributed by atoms with Crippen molar-refractivity contribution >= 4 is 17.6 Å². The second-order valence-corrected chi connectivity index (χ2v) is 3.62. The number of rotatable bonds is 3. The van der Waals surface area contributed by atoms with Crippen LogP contribution in [-0.2, 0) is 9.90 Å². The van der Waals surface area contributed by atoms with Crippen molar-refractivity contribution in [3.8, 4) is 0 Å². The smallest absolute Gasteiger partial charge is 0.241 e. The Morgan fingerprint density at radius 2 is 1.35 bits per heavy atom. The van der Waals surface area contributed by atoms with Gasteiger partial charge < -0.3 is 0 Å². The molecule has 0 aliphatic heterocycles. The van der Waals surface area contributed by atoms with Gasteiger partial charge in [-0.1, -0.05) is 60.7 Å². The highest BCUT2D eigenvalue weighted by atomic mass is 16.4.